The molecule has 2 fully saturated rings. The summed E-state index contributed by atoms with van der Waals surface area (Å²) in [7, 11) is 0. The highest BCUT2D eigenvalue weighted by atomic mass is 19.3. The van der Waals surface area contributed by atoms with Crippen molar-refractivity contribution >= 4 is 12.1 Å². The number of esters is 1. The lowest BCUT2D eigenvalue weighted by molar-refractivity contribution is -0.203. The Labute approximate surface area is 192 Å². The fourth-order valence-corrected chi connectivity index (χ4v) is 3.86. The van der Waals surface area contributed by atoms with Crippen molar-refractivity contribution in [3.8, 4) is 0 Å². The van der Waals surface area contributed by atoms with Crippen molar-refractivity contribution < 1.29 is 37.8 Å². The zero-order valence-corrected chi connectivity index (χ0v) is 19.6. The molecule has 0 radical (unpaired) electrons. The van der Waals surface area contributed by atoms with Gasteiger partial charge in [-0.1, -0.05) is 30.3 Å². The topological polar surface area (TPSA) is 88.5 Å². The molecule has 0 aliphatic carbocycles. The van der Waals surface area contributed by atoms with Crippen LogP contribution >= 0.6 is 0 Å². The predicted molar refractivity (Wildman–Crippen MR) is 114 cm³/mol. The largest absolute Gasteiger partial charge is 0.460 e. The average molecular weight is 471 g/mol. The number of benzene rings is 1. The summed E-state index contributed by atoms with van der Waals surface area (Å²) < 4.78 is 40.3. The van der Waals surface area contributed by atoms with Gasteiger partial charge in [0, 0.05) is 0 Å². The molecule has 3 rings (SSSR count). The molecule has 8 nitrogen and oxygen atoms in total. The Kier molecular flexibility index (Phi) is 7.02. The number of hydrogen-bond acceptors (Lipinski definition) is 7. The number of hydroxylamine groups is 2. The SMILES string of the molecule is CC(C)(C)OC(=O)N1CC(F)(F)C2C1CON2CC(O)C(C)(C)C(=O)OCc1ccccc1. The number of likely N-dealkylation sites (tertiary alicyclic amines) is 1. The van der Waals surface area contributed by atoms with Crippen molar-refractivity contribution in [2.75, 3.05) is 19.7 Å². The van der Waals surface area contributed by atoms with E-state index in [9.17, 15) is 23.5 Å². The van der Waals surface area contributed by atoms with Gasteiger partial charge in [0.15, 0.2) is 0 Å². The van der Waals surface area contributed by atoms with E-state index in [1.807, 2.05) is 18.2 Å². The number of aliphatic hydroxyl groups excluding tert-OH is 1. The van der Waals surface area contributed by atoms with Gasteiger partial charge in [-0.2, -0.15) is 5.06 Å². The van der Waals surface area contributed by atoms with Crippen molar-refractivity contribution in [2.24, 2.45) is 5.41 Å². The summed E-state index contributed by atoms with van der Waals surface area (Å²) in [5, 5.41) is 11.7. The summed E-state index contributed by atoms with van der Waals surface area (Å²) in [5.74, 6) is -3.95. The second-order valence-electron chi connectivity index (χ2n) is 10.1. The first-order valence-corrected chi connectivity index (χ1v) is 10.9. The molecule has 184 valence electrons. The molecule has 3 unspecified atom stereocenters. The Morgan fingerprint density at radius 2 is 1.85 bits per heavy atom. The van der Waals surface area contributed by atoms with Crippen LogP contribution in [0.25, 0.3) is 0 Å². The molecule has 2 aliphatic rings. The molecule has 1 aromatic carbocycles. The maximum atomic E-state index is 14.9. The fraction of sp³-hybridized carbons (Fsp3) is 0.652. The third-order valence-corrected chi connectivity index (χ3v) is 5.85. The normalized spacial score (nSPS) is 23.8. The van der Waals surface area contributed by atoms with Crippen LogP contribution in [-0.2, 0) is 25.7 Å². The number of halogens is 2. The quantitative estimate of drug-likeness (QED) is 0.640. The zero-order valence-electron chi connectivity index (χ0n) is 19.6. The number of aliphatic hydroxyl groups is 1. The van der Waals surface area contributed by atoms with Crippen LogP contribution in [-0.4, -0.2) is 76.5 Å². The van der Waals surface area contributed by atoms with Crippen LogP contribution in [0.5, 0.6) is 0 Å². The van der Waals surface area contributed by atoms with Gasteiger partial charge in [-0.15, -0.1) is 0 Å². The number of amides is 1. The zero-order chi connectivity index (χ0) is 24.6. The van der Waals surface area contributed by atoms with Crippen molar-refractivity contribution in [3.05, 3.63) is 35.9 Å². The molecule has 2 saturated heterocycles. The van der Waals surface area contributed by atoms with Gasteiger partial charge in [-0.05, 0) is 40.2 Å². The van der Waals surface area contributed by atoms with Gasteiger partial charge >= 0.3 is 12.1 Å². The van der Waals surface area contributed by atoms with E-state index in [4.69, 9.17) is 14.3 Å². The second kappa shape index (κ2) is 9.15. The van der Waals surface area contributed by atoms with Gasteiger partial charge in [-0.25, -0.2) is 13.6 Å². The molecule has 1 amide bonds. The van der Waals surface area contributed by atoms with Crippen LogP contribution in [0.4, 0.5) is 13.6 Å². The fourth-order valence-electron chi connectivity index (χ4n) is 3.86. The summed E-state index contributed by atoms with van der Waals surface area (Å²) in [6, 6.07) is 6.66. The number of hydrogen-bond donors (Lipinski definition) is 1. The molecular formula is C23H32F2N2O6. The minimum absolute atomic E-state index is 0.0314. The van der Waals surface area contributed by atoms with Gasteiger partial charge < -0.3 is 14.6 Å². The van der Waals surface area contributed by atoms with Crippen LogP contribution in [0, 0.1) is 5.41 Å². The summed E-state index contributed by atoms with van der Waals surface area (Å²) in [4.78, 5) is 31.5. The molecule has 1 aromatic rings. The van der Waals surface area contributed by atoms with Crippen molar-refractivity contribution in [1.82, 2.24) is 9.96 Å². The van der Waals surface area contributed by atoms with Gasteiger partial charge in [-0.3, -0.25) is 14.5 Å². The molecule has 1 N–H and O–H groups in total. The lowest BCUT2D eigenvalue weighted by Gasteiger charge is -2.33. The van der Waals surface area contributed by atoms with Crippen LogP contribution < -0.4 is 0 Å². The Balaban J connectivity index is 1.64. The lowest BCUT2D eigenvalue weighted by Crippen LogP contribution is -2.51. The Morgan fingerprint density at radius 3 is 2.45 bits per heavy atom. The number of rotatable bonds is 6. The van der Waals surface area contributed by atoms with E-state index in [1.165, 1.54) is 13.8 Å². The van der Waals surface area contributed by atoms with Crippen molar-refractivity contribution in [3.63, 3.8) is 0 Å². The molecule has 0 spiro atoms. The molecule has 33 heavy (non-hydrogen) atoms. The first-order chi connectivity index (χ1) is 15.2. The summed E-state index contributed by atoms with van der Waals surface area (Å²) in [5.41, 5.74) is -1.42. The number of ether oxygens (including phenoxy) is 2. The maximum Gasteiger partial charge on any atom is 0.410 e. The third-order valence-electron chi connectivity index (χ3n) is 5.85. The average Bonchev–Trinajstić information content (AvgIpc) is 3.25. The van der Waals surface area contributed by atoms with E-state index < -0.39 is 53.7 Å². The highest BCUT2D eigenvalue weighted by Gasteiger charge is 2.63. The highest BCUT2D eigenvalue weighted by molar-refractivity contribution is 5.76. The molecular weight excluding hydrogens is 438 g/mol. The monoisotopic (exact) mass is 470 g/mol. The first-order valence-electron chi connectivity index (χ1n) is 10.9. The number of alkyl halides is 2. The minimum Gasteiger partial charge on any atom is -0.460 e. The standard InChI is InChI=1S/C23H32F2N2O6/c1-21(2,3)33-20(30)26-14-23(24,25)18-16(26)13-32-27(18)11-17(28)22(4,5)19(29)31-12-15-9-7-6-8-10-15/h6-10,16-18,28H,11-14H2,1-5H3. The summed E-state index contributed by atoms with van der Waals surface area (Å²) >= 11 is 0. The van der Waals surface area contributed by atoms with Crippen LogP contribution in [0.3, 0.4) is 0 Å². The van der Waals surface area contributed by atoms with Crippen LogP contribution in [0.1, 0.15) is 40.2 Å². The Bertz CT molecular complexity index is 858. The van der Waals surface area contributed by atoms with Crippen molar-refractivity contribution in [1.29, 1.82) is 0 Å². The van der Waals surface area contributed by atoms with Gasteiger partial charge in [0.05, 0.1) is 37.3 Å². The number of β-amino-alcohol motifs (C(OH)–C–C–N with tert-alkyl or cyclic N) is 1. The molecule has 10 heteroatoms. The van der Waals surface area contributed by atoms with E-state index in [0.717, 1.165) is 15.5 Å². The molecule has 2 aliphatic heterocycles. The number of carbonyl (C=O) groups excluding carboxylic acids is 2. The van der Waals surface area contributed by atoms with Gasteiger partial charge in [0.25, 0.3) is 5.92 Å². The highest BCUT2D eigenvalue weighted by Crippen LogP contribution is 2.41. The lowest BCUT2D eigenvalue weighted by atomic mass is 9.86. The number of nitrogens with zero attached hydrogens (tertiary/aromatic N) is 2. The Hall–Kier alpha value is -2.30. The molecule has 3 atom stereocenters. The minimum atomic E-state index is -3.28. The Morgan fingerprint density at radius 1 is 1.21 bits per heavy atom. The molecule has 0 aromatic heterocycles. The number of carbonyl (C=O) groups is 2. The first kappa shape index (κ1) is 25.3. The third kappa shape index (κ3) is 5.62. The van der Waals surface area contributed by atoms with E-state index in [1.54, 1.807) is 32.9 Å². The van der Waals surface area contributed by atoms with E-state index in [0.29, 0.717) is 0 Å². The molecule has 2 heterocycles. The smallest absolute Gasteiger partial charge is 0.410 e. The maximum absolute atomic E-state index is 14.9. The number of fused-ring (bicyclic) bond motifs is 1. The molecule has 0 saturated carbocycles. The summed E-state index contributed by atoms with van der Waals surface area (Å²) in [6.07, 6.45) is -2.20. The van der Waals surface area contributed by atoms with Gasteiger partial charge in [0.2, 0.25) is 0 Å². The van der Waals surface area contributed by atoms with E-state index in [2.05, 4.69) is 0 Å². The van der Waals surface area contributed by atoms with E-state index in [-0.39, 0.29) is 19.8 Å². The van der Waals surface area contributed by atoms with E-state index >= 15 is 0 Å². The second-order valence-corrected chi connectivity index (χ2v) is 10.1. The van der Waals surface area contributed by atoms with Gasteiger partial charge in [0.1, 0.15) is 18.2 Å². The molecule has 0 bridgehead atoms. The van der Waals surface area contributed by atoms with Crippen LogP contribution in [0.2, 0.25) is 0 Å². The van der Waals surface area contributed by atoms with Crippen molar-refractivity contribution in [2.45, 2.75) is 70.9 Å². The predicted octanol–water partition coefficient (Wildman–Crippen LogP) is 2.99. The van der Waals surface area contributed by atoms with Crippen LogP contribution in [0.15, 0.2) is 30.3 Å². The summed E-state index contributed by atoms with van der Waals surface area (Å²) in [6.45, 7) is 6.64.